The molecule has 8 aromatic rings. The van der Waals surface area contributed by atoms with Crippen LogP contribution in [0.1, 0.15) is 273 Å². The molecule has 0 unspecified atom stereocenters. The summed E-state index contributed by atoms with van der Waals surface area (Å²) in [5.41, 5.74) is 6.01. The van der Waals surface area contributed by atoms with Crippen molar-refractivity contribution in [1.29, 1.82) is 0 Å². The van der Waals surface area contributed by atoms with Gasteiger partial charge in [0.05, 0.1) is 64.0 Å². The molecule has 15 nitrogen and oxygen atoms in total. The lowest BCUT2D eigenvalue weighted by molar-refractivity contribution is -0.393. The Kier molecular flexibility index (Phi) is 44.9. The van der Waals surface area contributed by atoms with Crippen LogP contribution in [0.15, 0.2) is 231 Å². The second-order valence-corrected chi connectivity index (χ2v) is 32.3. The van der Waals surface area contributed by atoms with E-state index in [9.17, 15) is 9.59 Å². The number of carbonyl (C=O) groups is 2. The van der Waals surface area contributed by atoms with Gasteiger partial charge in [0, 0.05) is 0 Å². The average molecular weight is 1630 g/mol. The molecule has 2 aliphatic rings. The Hall–Kier alpha value is -8.06. The van der Waals surface area contributed by atoms with Crippen LogP contribution in [0.2, 0.25) is 0 Å². The van der Waals surface area contributed by atoms with Crippen LogP contribution in [-0.2, 0) is 91.7 Å². The van der Waals surface area contributed by atoms with Gasteiger partial charge in [-0.2, -0.15) is 0 Å². The van der Waals surface area contributed by atoms with E-state index in [1.807, 2.05) is 206 Å². The van der Waals surface area contributed by atoms with Crippen LogP contribution < -0.4 is 9.47 Å². The van der Waals surface area contributed by atoms with Crippen molar-refractivity contribution < 1.29 is 71.2 Å². The van der Waals surface area contributed by atoms with Gasteiger partial charge in [-0.15, -0.1) is 0 Å². The molecule has 8 aromatic carbocycles. The summed E-state index contributed by atoms with van der Waals surface area (Å²) >= 11 is 0. The first-order chi connectivity index (χ1) is 58.9. The highest BCUT2D eigenvalue weighted by atomic mass is 16.8. The van der Waals surface area contributed by atoms with E-state index in [0.717, 1.165) is 59.1 Å². The maximum Gasteiger partial charge on any atom is 0.338 e. The quantitative estimate of drug-likeness (QED) is 0.0262. The van der Waals surface area contributed by atoms with Gasteiger partial charge >= 0.3 is 11.9 Å². The van der Waals surface area contributed by atoms with Crippen molar-refractivity contribution in [3.05, 3.63) is 275 Å². The normalized spacial score (nSPS) is 19.1. The Morgan fingerprint density at radius 2 is 0.471 bits per heavy atom. The Morgan fingerprint density at radius 1 is 0.252 bits per heavy atom. The van der Waals surface area contributed by atoms with Crippen LogP contribution in [0.5, 0.6) is 11.5 Å². The lowest BCUT2D eigenvalue weighted by Crippen LogP contribution is -2.66. The number of rotatable bonds is 62. The fourth-order valence-corrected chi connectivity index (χ4v) is 15.6. The van der Waals surface area contributed by atoms with Gasteiger partial charge in [-0.25, -0.2) is 9.59 Å². The Balaban J connectivity index is 0.872. The van der Waals surface area contributed by atoms with Crippen LogP contribution in [-0.4, -0.2) is 99.8 Å². The SMILES string of the molecule is CCCCCCCCCCCCCCCCCCOc1ccc(C(=O)OC[C@H]2O[C@H](O[C@H]3O[C@H](COC(=O)c4ccc(OCCCCCCCCCCCCCCCCCC)cc4)[C@@H](OCc4ccccc4)[C@H](OCc4ccccc4)[C@H]3OCc3ccccc3)[C@H](OCc3ccccc3)[C@@H](OCc3ccccc3)[C@@H]2OCc2ccccc2)cc1. The van der Waals surface area contributed by atoms with Crippen molar-refractivity contribution in [3.63, 3.8) is 0 Å². The molecule has 0 saturated carbocycles. The van der Waals surface area contributed by atoms with E-state index in [1.165, 1.54) is 180 Å². The fourth-order valence-electron chi connectivity index (χ4n) is 15.6. The number of unbranched alkanes of at least 4 members (excludes halogenated alkanes) is 30. The fraction of sp³-hybridized carbons (Fsp3) is 0.519. The minimum absolute atomic E-state index is 0.104. The molecule has 2 heterocycles. The van der Waals surface area contributed by atoms with Gasteiger partial charge in [-0.05, 0) is 94.8 Å². The summed E-state index contributed by atoms with van der Waals surface area (Å²) in [5.74, 6) is 0.205. The van der Waals surface area contributed by atoms with E-state index < -0.39 is 73.4 Å². The van der Waals surface area contributed by atoms with Crippen LogP contribution >= 0.6 is 0 Å². The van der Waals surface area contributed by atoms with Crippen LogP contribution in [0, 0.1) is 0 Å². The molecule has 2 aliphatic heterocycles. The Labute approximate surface area is 712 Å². The maximum atomic E-state index is 14.6. The van der Waals surface area contributed by atoms with Gasteiger partial charge in [0.25, 0.3) is 0 Å². The molecule has 2 saturated heterocycles. The smallest absolute Gasteiger partial charge is 0.338 e. The number of hydrogen-bond donors (Lipinski definition) is 0. The topological polar surface area (TPSA) is 154 Å². The molecule has 0 radical (unpaired) electrons. The molecule has 10 atom stereocenters. The van der Waals surface area contributed by atoms with E-state index in [-0.39, 0.29) is 52.9 Å². The first-order valence-corrected chi connectivity index (χ1v) is 45.6. The first kappa shape index (κ1) is 93.2. The highest BCUT2D eigenvalue weighted by molar-refractivity contribution is 5.90. The third-order valence-electron chi connectivity index (χ3n) is 22.6. The van der Waals surface area contributed by atoms with E-state index in [2.05, 4.69) is 13.8 Å². The summed E-state index contributed by atoms with van der Waals surface area (Å²) in [6, 6.07) is 73.4. The van der Waals surface area contributed by atoms with Gasteiger partial charge in [-0.3, -0.25) is 0 Å². The number of carbonyl (C=O) groups excluding carboxylic acids is 2. The number of benzene rings is 8. The molecule has 0 aliphatic carbocycles. The van der Waals surface area contributed by atoms with Crippen molar-refractivity contribution in [3.8, 4) is 11.5 Å². The Morgan fingerprint density at radius 3 is 0.714 bits per heavy atom. The summed E-state index contributed by atoms with van der Waals surface area (Å²) in [5, 5.41) is 0. The summed E-state index contributed by atoms with van der Waals surface area (Å²) in [4.78, 5) is 29.1. The zero-order valence-corrected chi connectivity index (χ0v) is 71.5. The van der Waals surface area contributed by atoms with E-state index in [1.54, 1.807) is 24.3 Å². The van der Waals surface area contributed by atoms with Gasteiger partial charge < -0.3 is 61.6 Å². The summed E-state index contributed by atoms with van der Waals surface area (Å²) in [6.45, 7) is 5.92. The number of esters is 2. The first-order valence-electron chi connectivity index (χ1n) is 45.6. The molecule has 2 fully saturated rings. The third kappa shape index (κ3) is 35.5. The second kappa shape index (κ2) is 57.3. The Bertz CT molecular complexity index is 3610. The molecule has 0 bridgehead atoms. The van der Waals surface area contributed by atoms with Crippen molar-refractivity contribution in [2.24, 2.45) is 0 Å². The maximum absolute atomic E-state index is 14.6. The van der Waals surface area contributed by atoms with E-state index >= 15 is 0 Å². The monoisotopic (exact) mass is 1630 g/mol. The lowest BCUT2D eigenvalue weighted by atomic mass is 9.96. The predicted molar refractivity (Wildman–Crippen MR) is 472 cm³/mol. The van der Waals surface area contributed by atoms with Gasteiger partial charge in [0.15, 0.2) is 12.6 Å². The van der Waals surface area contributed by atoms with Crippen molar-refractivity contribution in [1.82, 2.24) is 0 Å². The second-order valence-electron chi connectivity index (χ2n) is 32.3. The molecule has 0 spiro atoms. The molecule has 15 heteroatoms. The molecule has 0 N–H and O–H groups in total. The third-order valence-corrected chi connectivity index (χ3v) is 22.6. The molecule has 10 rings (SSSR count). The summed E-state index contributed by atoms with van der Waals surface area (Å²) < 4.78 is 90.3. The van der Waals surface area contributed by atoms with E-state index in [0.29, 0.717) is 35.8 Å². The van der Waals surface area contributed by atoms with Gasteiger partial charge in [0.2, 0.25) is 0 Å². The van der Waals surface area contributed by atoms with Crippen LogP contribution in [0.3, 0.4) is 0 Å². The largest absolute Gasteiger partial charge is 0.494 e. The van der Waals surface area contributed by atoms with E-state index in [4.69, 9.17) is 61.6 Å². The van der Waals surface area contributed by atoms with Gasteiger partial charge in [-0.1, -0.05) is 388 Å². The van der Waals surface area contributed by atoms with Crippen LogP contribution in [0.25, 0.3) is 0 Å². The minimum atomic E-state index is -1.37. The molecule has 119 heavy (non-hydrogen) atoms. The van der Waals surface area contributed by atoms with Crippen LogP contribution in [0.4, 0.5) is 0 Å². The zero-order valence-electron chi connectivity index (χ0n) is 71.5. The highest BCUT2D eigenvalue weighted by Gasteiger charge is 2.55. The molecular weight excluding hydrogens is 1490 g/mol. The summed E-state index contributed by atoms with van der Waals surface area (Å²) in [7, 11) is 0. The number of ether oxygens (including phenoxy) is 13. The average Bonchev–Trinajstić information content (AvgIpc) is 0.768. The van der Waals surface area contributed by atoms with Crippen molar-refractivity contribution >= 4 is 11.9 Å². The number of hydrogen-bond acceptors (Lipinski definition) is 15. The molecule has 0 aromatic heterocycles. The molecule has 0 amide bonds. The summed E-state index contributed by atoms with van der Waals surface area (Å²) in [6.07, 6.45) is 30.8. The highest BCUT2D eigenvalue weighted by Crippen LogP contribution is 2.38. The van der Waals surface area contributed by atoms with Crippen molar-refractivity contribution in [2.45, 2.75) is 320 Å². The minimum Gasteiger partial charge on any atom is -0.494 e. The molecular formula is C104H138O15. The lowest BCUT2D eigenvalue weighted by Gasteiger charge is -2.49. The molecule has 644 valence electrons. The predicted octanol–water partition coefficient (Wildman–Crippen LogP) is 25.0. The standard InChI is InChI=1S/C104H138O15/c1-3-5-7-9-11-13-15-17-19-21-23-25-27-29-31-51-73-107-91-69-65-89(66-70-91)101(105)115-81-93-95(109-75-83-53-39-33-40-54-83)97(111-77-85-57-43-35-44-58-85)99(113-79-87-61-47-37-48-62-87)103(117-93)119-104-100(114-80-88-63-49-38-50-64-88)98(112-78-86-59-45-36-46-60-86)96(110-76-84-55-41-34-42-56-84)94(118-104)82-116-102(106)90-67-71-92(72-68-90)108-74-52-32-30-28-26-24-22-20-18-16-14-12-10-8-6-4-2/h33-50,53-72,93-100,103-104H,3-32,51-52,73-82H2,1-2H3/t93-,94-,95-,96-,97+,98+,99-,100-,103-,104-/m1/s1. The van der Waals surface area contributed by atoms with Gasteiger partial charge in [0.1, 0.15) is 73.5 Å². The van der Waals surface area contributed by atoms with Crippen molar-refractivity contribution in [2.75, 3.05) is 26.4 Å². The zero-order chi connectivity index (χ0) is 82.5.